The maximum Gasteiger partial charge on any atom is 0.264 e. The Kier molecular flexibility index (Phi) is 9.40. The number of para-hydroxylation sites is 1. The fraction of sp³-hybridized carbons (Fsp3) is 0.357. The summed E-state index contributed by atoms with van der Waals surface area (Å²) in [5.41, 5.74) is 0.434. The zero-order chi connectivity index (χ0) is 26.3. The first kappa shape index (κ1) is 27.4. The Labute approximate surface area is 222 Å². The number of ether oxygens (including phenoxy) is 1. The van der Waals surface area contributed by atoms with Gasteiger partial charge >= 0.3 is 0 Å². The first-order valence-electron chi connectivity index (χ1n) is 12.5. The summed E-state index contributed by atoms with van der Waals surface area (Å²) in [5.74, 6) is -0.906. The molecule has 37 heavy (non-hydrogen) atoms. The standard InChI is InChI=1S/C28H31ClF2N2O3S/c29-23-9-12-25(13-10-23)37(34,35)33(27-21-24(30)11-14-26(27)31)19-15-22-7-2-3-8-28(22)36-20-6-18-32-16-4-1-5-17-32/h2-3,7-14,21H,1,4-6,15-20H2. The summed E-state index contributed by atoms with van der Waals surface area (Å²) in [6, 6.07) is 15.8. The molecule has 0 amide bonds. The molecule has 1 fully saturated rings. The number of hydrogen-bond acceptors (Lipinski definition) is 4. The summed E-state index contributed by atoms with van der Waals surface area (Å²) >= 11 is 5.92. The second kappa shape index (κ2) is 12.7. The van der Waals surface area contributed by atoms with Gasteiger partial charge in [-0.3, -0.25) is 4.31 Å². The van der Waals surface area contributed by atoms with E-state index in [2.05, 4.69) is 4.90 Å². The third-order valence-corrected chi connectivity index (χ3v) is 8.54. The van der Waals surface area contributed by atoms with Crippen molar-refractivity contribution in [2.45, 2.75) is 37.0 Å². The molecule has 0 spiro atoms. The van der Waals surface area contributed by atoms with Crippen molar-refractivity contribution in [2.75, 3.05) is 37.1 Å². The molecule has 1 aliphatic heterocycles. The van der Waals surface area contributed by atoms with Gasteiger partial charge in [0.1, 0.15) is 17.4 Å². The molecular formula is C28H31ClF2N2O3S. The lowest BCUT2D eigenvalue weighted by Crippen LogP contribution is -2.34. The minimum Gasteiger partial charge on any atom is -0.493 e. The lowest BCUT2D eigenvalue weighted by Gasteiger charge is -2.26. The van der Waals surface area contributed by atoms with E-state index in [9.17, 15) is 17.2 Å². The van der Waals surface area contributed by atoms with E-state index in [1.54, 1.807) is 0 Å². The number of sulfonamides is 1. The molecule has 4 rings (SSSR count). The lowest BCUT2D eigenvalue weighted by molar-refractivity contribution is 0.204. The normalized spacial score (nSPS) is 14.5. The Morgan fingerprint density at radius 1 is 0.946 bits per heavy atom. The number of hydrogen-bond donors (Lipinski definition) is 0. The van der Waals surface area contributed by atoms with Gasteiger partial charge in [0, 0.05) is 24.2 Å². The number of halogens is 3. The second-order valence-corrected chi connectivity index (χ2v) is 11.4. The second-order valence-electron chi connectivity index (χ2n) is 9.09. The summed E-state index contributed by atoms with van der Waals surface area (Å²) in [7, 11) is -4.20. The third-order valence-electron chi connectivity index (χ3n) is 6.46. The van der Waals surface area contributed by atoms with Crippen molar-refractivity contribution in [3.63, 3.8) is 0 Å². The highest BCUT2D eigenvalue weighted by Gasteiger charge is 2.28. The van der Waals surface area contributed by atoms with Gasteiger partial charge < -0.3 is 9.64 Å². The Morgan fingerprint density at radius 2 is 1.68 bits per heavy atom. The van der Waals surface area contributed by atoms with Crippen LogP contribution in [-0.4, -0.2) is 46.1 Å². The Balaban J connectivity index is 1.51. The maximum absolute atomic E-state index is 14.8. The van der Waals surface area contributed by atoms with Crippen molar-refractivity contribution in [3.05, 3.63) is 89.0 Å². The SMILES string of the molecule is O=S(=O)(c1ccc(Cl)cc1)N(CCc1ccccc1OCCCN1CCCCC1)c1cc(F)ccc1F. The Bertz CT molecular complexity index is 1280. The number of rotatable bonds is 11. The first-order chi connectivity index (χ1) is 17.8. The fourth-order valence-electron chi connectivity index (χ4n) is 4.51. The molecule has 0 aliphatic carbocycles. The number of benzene rings is 3. The van der Waals surface area contributed by atoms with E-state index < -0.39 is 21.7 Å². The van der Waals surface area contributed by atoms with Crippen molar-refractivity contribution < 1.29 is 21.9 Å². The van der Waals surface area contributed by atoms with E-state index in [0.717, 1.165) is 54.1 Å². The molecule has 1 aliphatic rings. The zero-order valence-electron chi connectivity index (χ0n) is 20.6. The van der Waals surface area contributed by atoms with Crippen LogP contribution in [0.15, 0.2) is 71.6 Å². The molecule has 1 heterocycles. The highest BCUT2D eigenvalue weighted by Crippen LogP contribution is 2.29. The minimum absolute atomic E-state index is 0.0668. The molecule has 0 N–H and O–H groups in total. The highest BCUT2D eigenvalue weighted by atomic mass is 35.5. The first-order valence-corrected chi connectivity index (χ1v) is 14.3. The average Bonchev–Trinajstić information content (AvgIpc) is 2.90. The zero-order valence-corrected chi connectivity index (χ0v) is 22.2. The summed E-state index contributed by atoms with van der Waals surface area (Å²) in [6.07, 6.45) is 4.91. The minimum atomic E-state index is -4.20. The smallest absolute Gasteiger partial charge is 0.264 e. The Hall–Kier alpha value is -2.68. The summed E-state index contributed by atoms with van der Waals surface area (Å²) in [5, 5.41) is 0.369. The molecular weight excluding hydrogens is 518 g/mol. The topological polar surface area (TPSA) is 49.9 Å². The monoisotopic (exact) mass is 548 g/mol. The van der Waals surface area contributed by atoms with E-state index in [-0.39, 0.29) is 23.5 Å². The van der Waals surface area contributed by atoms with Crippen LogP contribution in [0.1, 0.15) is 31.2 Å². The molecule has 3 aromatic rings. The number of nitrogens with zero attached hydrogens (tertiary/aromatic N) is 2. The van der Waals surface area contributed by atoms with Crippen molar-refractivity contribution in [2.24, 2.45) is 0 Å². The van der Waals surface area contributed by atoms with Crippen molar-refractivity contribution >= 4 is 27.3 Å². The number of piperidine rings is 1. The largest absolute Gasteiger partial charge is 0.493 e. The number of anilines is 1. The third kappa shape index (κ3) is 7.21. The molecule has 0 aromatic heterocycles. The van der Waals surface area contributed by atoms with Gasteiger partial charge in [-0.25, -0.2) is 17.2 Å². The van der Waals surface area contributed by atoms with Crippen molar-refractivity contribution in [3.8, 4) is 5.75 Å². The van der Waals surface area contributed by atoms with Crippen LogP contribution in [0.4, 0.5) is 14.5 Å². The average molecular weight is 549 g/mol. The molecule has 3 aromatic carbocycles. The molecule has 1 saturated heterocycles. The van der Waals surface area contributed by atoms with E-state index >= 15 is 0 Å². The molecule has 9 heteroatoms. The molecule has 0 radical (unpaired) electrons. The van der Waals surface area contributed by atoms with Gasteiger partial charge in [-0.05, 0) is 86.8 Å². The van der Waals surface area contributed by atoms with Crippen LogP contribution < -0.4 is 9.04 Å². The van der Waals surface area contributed by atoms with Crippen LogP contribution in [0, 0.1) is 11.6 Å². The van der Waals surface area contributed by atoms with E-state index in [4.69, 9.17) is 16.3 Å². The summed E-state index contributed by atoms with van der Waals surface area (Å²) in [4.78, 5) is 2.38. The lowest BCUT2D eigenvalue weighted by atomic mass is 10.1. The molecule has 0 bridgehead atoms. The van der Waals surface area contributed by atoms with E-state index in [1.807, 2.05) is 24.3 Å². The summed E-state index contributed by atoms with van der Waals surface area (Å²) < 4.78 is 62.8. The Morgan fingerprint density at radius 3 is 2.43 bits per heavy atom. The van der Waals surface area contributed by atoms with Gasteiger partial charge in [0.25, 0.3) is 10.0 Å². The van der Waals surface area contributed by atoms with Gasteiger partial charge in [0.05, 0.1) is 17.2 Å². The van der Waals surface area contributed by atoms with Crippen LogP contribution in [0.2, 0.25) is 5.02 Å². The van der Waals surface area contributed by atoms with Crippen molar-refractivity contribution in [1.29, 1.82) is 0 Å². The van der Waals surface area contributed by atoms with Gasteiger partial charge in [-0.15, -0.1) is 0 Å². The van der Waals surface area contributed by atoms with E-state index in [0.29, 0.717) is 17.4 Å². The molecule has 0 atom stereocenters. The highest BCUT2D eigenvalue weighted by molar-refractivity contribution is 7.92. The van der Waals surface area contributed by atoms with Gasteiger partial charge in [0.2, 0.25) is 0 Å². The summed E-state index contributed by atoms with van der Waals surface area (Å²) in [6.45, 7) is 3.67. The van der Waals surface area contributed by atoms with Crippen molar-refractivity contribution in [1.82, 2.24) is 4.90 Å². The van der Waals surface area contributed by atoms with Gasteiger partial charge in [-0.2, -0.15) is 0 Å². The molecule has 0 unspecified atom stereocenters. The number of likely N-dealkylation sites (tertiary alicyclic amines) is 1. The molecule has 5 nitrogen and oxygen atoms in total. The van der Waals surface area contributed by atoms with Crippen LogP contribution >= 0.6 is 11.6 Å². The van der Waals surface area contributed by atoms with Gasteiger partial charge in [-0.1, -0.05) is 36.2 Å². The van der Waals surface area contributed by atoms with Crippen LogP contribution in [0.3, 0.4) is 0 Å². The quantitative estimate of drug-likeness (QED) is 0.263. The van der Waals surface area contributed by atoms with Gasteiger partial charge in [0.15, 0.2) is 0 Å². The van der Waals surface area contributed by atoms with E-state index in [1.165, 1.54) is 43.5 Å². The molecule has 198 valence electrons. The predicted octanol–water partition coefficient (Wildman–Crippen LogP) is 6.31. The van der Waals surface area contributed by atoms with Crippen LogP contribution in [0.25, 0.3) is 0 Å². The van der Waals surface area contributed by atoms with Crippen LogP contribution in [-0.2, 0) is 16.4 Å². The fourth-order valence-corrected chi connectivity index (χ4v) is 6.10. The van der Waals surface area contributed by atoms with Crippen LogP contribution in [0.5, 0.6) is 5.75 Å². The predicted molar refractivity (Wildman–Crippen MR) is 143 cm³/mol. The maximum atomic E-state index is 14.8. The molecule has 0 saturated carbocycles.